The summed E-state index contributed by atoms with van der Waals surface area (Å²) in [6, 6.07) is 0. The molecule has 0 aromatic rings. The van der Waals surface area contributed by atoms with Crippen molar-refractivity contribution in [1.29, 1.82) is 0 Å². The zero-order valence-electron chi connectivity index (χ0n) is 16.3. The van der Waals surface area contributed by atoms with Crippen molar-refractivity contribution >= 4 is 17.5 Å². The molecule has 0 radical (unpaired) electrons. The van der Waals surface area contributed by atoms with Gasteiger partial charge in [0.2, 0.25) is 0 Å². The largest absolute Gasteiger partial charge is 0.300 e. The van der Waals surface area contributed by atoms with E-state index in [2.05, 4.69) is 39.8 Å². The Bertz CT molecular complexity index is 311. The number of carbonyl (C=O) groups excluding carboxylic acids is 1. The van der Waals surface area contributed by atoms with Gasteiger partial charge in [0.05, 0.1) is 0 Å². The predicted octanol–water partition coefficient (Wildman–Crippen LogP) is 6.91. The Morgan fingerprint density at radius 1 is 1.04 bits per heavy atom. The molecule has 0 fully saturated rings. The number of allylic oxidation sites excluding steroid dienone is 2. The van der Waals surface area contributed by atoms with Crippen molar-refractivity contribution < 1.29 is 4.79 Å². The second-order valence-electron chi connectivity index (χ2n) is 7.21. The molecule has 0 aromatic carbocycles. The Morgan fingerprint density at radius 2 is 1.70 bits per heavy atom. The molecule has 0 amide bonds. The Balaban J connectivity index is 3.75. The van der Waals surface area contributed by atoms with Crippen molar-refractivity contribution in [3.8, 4) is 0 Å². The third-order valence-corrected chi connectivity index (χ3v) is 6.12. The summed E-state index contributed by atoms with van der Waals surface area (Å²) in [5, 5.41) is 0. The summed E-state index contributed by atoms with van der Waals surface area (Å²) >= 11 is 1.93. The second-order valence-corrected chi connectivity index (χ2v) is 8.36. The number of thioether (sulfide) groups is 1. The van der Waals surface area contributed by atoms with Gasteiger partial charge < -0.3 is 0 Å². The van der Waals surface area contributed by atoms with Crippen LogP contribution >= 0.6 is 11.8 Å². The van der Waals surface area contributed by atoms with Crippen molar-refractivity contribution in [2.45, 2.75) is 86.0 Å². The summed E-state index contributed by atoms with van der Waals surface area (Å²) in [7, 11) is 0. The highest BCUT2D eigenvalue weighted by molar-refractivity contribution is 7.99. The maximum absolute atomic E-state index is 11.0. The lowest BCUT2D eigenvalue weighted by molar-refractivity contribution is -0.116. The van der Waals surface area contributed by atoms with Gasteiger partial charge in [-0.25, -0.2) is 0 Å². The van der Waals surface area contributed by atoms with E-state index in [4.69, 9.17) is 0 Å². The third-order valence-electron chi connectivity index (χ3n) is 4.87. The van der Waals surface area contributed by atoms with Crippen LogP contribution in [0.5, 0.6) is 0 Å². The molecule has 0 bridgehead atoms. The first-order valence-corrected chi connectivity index (χ1v) is 10.9. The van der Waals surface area contributed by atoms with Crippen molar-refractivity contribution in [1.82, 2.24) is 0 Å². The van der Waals surface area contributed by atoms with Gasteiger partial charge in [0.1, 0.15) is 5.78 Å². The van der Waals surface area contributed by atoms with E-state index in [-0.39, 0.29) is 0 Å². The van der Waals surface area contributed by atoms with Crippen LogP contribution in [0, 0.1) is 17.8 Å². The second kappa shape index (κ2) is 15.3. The Kier molecular flexibility index (Phi) is 15.1. The van der Waals surface area contributed by atoms with Crippen LogP contribution < -0.4 is 0 Å². The van der Waals surface area contributed by atoms with Crippen molar-refractivity contribution in [3.63, 3.8) is 0 Å². The summed E-state index contributed by atoms with van der Waals surface area (Å²) in [5.74, 6) is 4.53. The fourth-order valence-electron chi connectivity index (χ4n) is 2.68. The molecule has 23 heavy (non-hydrogen) atoms. The molecule has 0 rings (SSSR count). The van der Waals surface area contributed by atoms with Crippen LogP contribution in [0.25, 0.3) is 0 Å². The van der Waals surface area contributed by atoms with E-state index in [0.29, 0.717) is 23.5 Å². The number of hydrogen-bond donors (Lipinski definition) is 0. The molecule has 0 N–H and O–H groups in total. The maximum Gasteiger partial charge on any atom is 0.130 e. The number of unbranched alkanes of at least 4 members (excludes halogenated alkanes) is 6. The van der Waals surface area contributed by atoms with Gasteiger partial charge in [0.15, 0.2) is 0 Å². The fraction of sp³-hybridized carbons (Fsp3) is 0.857. The van der Waals surface area contributed by atoms with E-state index >= 15 is 0 Å². The lowest BCUT2D eigenvalue weighted by Gasteiger charge is -2.23. The summed E-state index contributed by atoms with van der Waals surface area (Å²) in [6.07, 6.45) is 15.1. The predicted molar refractivity (Wildman–Crippen MR) is 107 cm³/mol. The fourth-order valence-corrected chi connectivity index (χ4v) is 3.96. The van der Waals surface area contributed by atoms with Gasteiger partial charge in [-0.3, -0.25) is 4.79 Å². The zero-order valence-corrected chi connectivity index (χ0v) is 17.1. The molecule has 136 valence electrons. The van der Waals surface area contributed by atoms with E-state index in [1.807, 2.05) is 11.8 Å². The van der Waals surface area contributed by atoms with Crippen molar-refractivity contribution in [2.24, 2.45) is 17.8 Å². The van der Waals surface area contributed by atoms with Crippen LogP contribution in [0.2, 0.25) is 0 Å². The molecule has 3 atom stereocenters. The number of hydrogen-bond acceptors (Lipinski definition) is 2. The first kappa shape index (κ1) is 22.8. The molecule has 0 saturated carbocycles. The van der Waals surface area contributed by atoms with Crippen LogP contribution in [-0.2, 0) is 4.79 Å². The molecule has 0 heterocycles. The van der Waals surface area contributed by atoms with Gasteiger partial charge in [-0.2, -0.15) is 11.8 Å². The van der Waals surface area contributed by atoms with Gasteiger partial charge in [-0.05, 0) is 43.3 Å². The van der Waals surface area contributed by atoms with E-state index in [1.54, 1.807) is 6.92 Å². The molecule has 0 aliphatic heterocycles. The highest BCUT2D eigenvalue weighted by Crippen LogP contribution is 2.25. The molecule has 1 nitrogen and oxygen atoms in total. The Hall–Kier alpha value is -0.240. The number of rotatable bonds is 15. The lowest BCUT2D eigenvalue weighted by atomic mass is 9.85. The summed E-state index contributed by atoms with van der Waals surface area (Å²) in [6.45, 7) is 11.0. The quantitative estimate of drug-likeness (QED) is 0.238. The summed E-state index contributed by atoms with van der Waals surface area (Å²) in [4.78, 5) is 11.0. The number of Topliss-reactive ketones (excluding diaryl/α,β-unsaturated/α-hetero) is 1. The Morgan fingerprint density at radius 3 is 2.35 bits per heavy atom. The van der Waals surface area contributed by atoms with E-state index in [9.17, 15) is 4.79 Å². The van der Waals surface area contributed by atoms with Gasteiger partial charge in [-0.15, -0.1) is 0 Å². The average molecular weight is 341 g/mol. The molecule has 0 aliphatic rings. The van der Waals surface area contributed by atoms with Gasteiger partial charge in [-0.1, -0.05) is 72.0 Å². The topological polar surface area (TPSA) is 17.1 Å². The molecule has 0 aromatic heterocycles. The SMILES string of the molecule is CCCCCCCC/C=C\C(C)C(C)C(C)CSCCC(C)=O. The molecule has 2 heteroatoms. The first-order chi connectivity index (χ1) is 11.0. The highest BCUT2D eigenvalue weighted by atomic mass is 32.2. The van der Waals surface area contributed by atoms with Crippen LogP contribution in [0.1, 0.15) is 86.0 Å². The van der Waals surface area contributed by atoms with Crippen LogP contribution in [-0.4, -0.2) is 17.3 Å². The van der Waals surface area contributed by atoms with Crippen molar-refractivity contribution in [2.75, 3.05) is 11.5 Å². The maximum atomic E-state index is 11.0. The minimum absolute atomic E-state index is 0.309. The highest BCUT2D eigenvalue weighted by Gasteiger charge is 2.17. The van der Waals surface area contributed by atoms with E-state index in [1.165, 1.54) is 50.7 Å². The number of ketones is 1. The number of carbonyl (C=O) groups is 1. The van der Waals surface area contributed by atoms with Crippen molar-refractivity contribution in [3.05, 3.63) is 12.2 Å². The first-order valence-electron chi connectivity index (χ1n) is 9.72. The van der Waals surface area contributed by atoms with Crippen LogP contribution in [0.3, 0.4) is 0 Å². The molecule has 0 spiro atoms. The molecule has 0 aliphatic carbocycles. The van der Waals surface area contributed by atoms with Crippen LogP contribution in [0.15, 0.2) is 12.2 Å². The molecule has 3 unspecified atom stereocenters. The minimum Gasteiger partial charge on any atom is -0.300 e. The normalized spacial score (nSPS) is 15.7. The standard InChI is InChI=1S/C21H40OS/c1-6-7-8-9-10-11-12-13-14-18(2)21(5)19(3)17-23-16-15-20(4)22/h13-14,18-19,21H,6-12,15-17H2,1-5H3/b14-13-. The molecular weight excluding hydrogens is 300 g/mol. The zero-order chi connectivity index (χ0) is 17.5. The third kappa shape index (κ3) is 13.9. The molecular formula is C21H40OS. The summed E-state index contributed by atoms with van der Waals surface area (Å²) < 4.78 is 0. The smallest absolute Gasteiger partial charge is 0.130 e. The van der Waals surface area contributed by atoms with Gasteiger partial charge >= 0.3 is 0 Å². The lowest BCUT2D eigenvalue weighted by Crippen LogP contribution is -2.17. The van der Waals surface area contributed by atoms with Gasteiger partial charge in [0, 0.05) is 12.2 Å². The molecule has 0 saturated heterocycles. The summed E-state index contributed by atoms with van der Waals surface area (Å²) in [5.41, 5.74) is 0. The van der Waals surface area contributed by atoms with E-state index < -0.39 is 0 Å². The Labute approximate surface area is 150 Å². The van der Waals surface area contributed by atoms with Gasteiger partial charge in [0.25, 0.3) is 0 Å². The minimum atomic E-state index is 0.309. The average Bonchev–Trinajstić information content (AvgIpc) is 2.52. The van der Waals surface area contributed by atoms with Crippen LogP contribution in [0.4, 0.5) is 0 Å². The monoisotopic (exact) mass is 340 g/mol. The van der Waals surface area contributed by atoms with E-state index in [0.717, 1.165) is 12.2 Å².